The molecule has 0 fully saturated rings. The normalized spacial score (nSPS) is 15.3. The first-order valence-electron chi connectivity index (χ1n) is 12.7. The zero-order valence-electron chi connectivity index (χ0n) is 21.8. The maximum atomic E-state index is 13.8. The third-order valence-corrected chi connectivity index (χ3v) is 6.78. The Morgan fingerprint density at radius 2 is 1.66 bits per heavy atom. The molecule has 8 nitrogen and oxygen atoms in total. The predicted molar refractivity (Wildman–Crippen MR) is 148 cm³/mol. The molecular formula is C30H32N6O2. The van der Waals surface area contributed by atoms with Crippen molar-refractivity contribution in [3.05, 3.63) is 118 Å². The second kappa shape index (κ2) is 10.9. The summed E-state index contributed by atoms with van der Waals surface area (Å²) >= 11 is 0. The number of fused-ring (bicyclic) bond motifs is 1. The molecule has 0 aliphatic carbocycles. The molecule has 1 aliphatic rings. The van der Waals surface area contributed by atoms with Crippen molar-refractivity contribution in [1.82, 2.24) is 25.3 Å². The summed E-state index contributed by atoms with van der Waals surface area (Å²) in [5.74, 6) is 0.197. The van der Waals surface area contributed by atoms with Gasteiger partial charge in [0.2, 0.25) is 0 Å². The van der Waals surface area contributed by atoms with Crippen LogP contribution in [0.25, 0.3) is 0 Å². The summed E-state index contributed by atoms with van der Waals surface area (Å²) in [5, 5.41) is 13.7. The van der Waals surface area contributed by atoms with E-state index in [1.807, 2.05) is 93.8 Å². The van der Waals surface area contributed by atoms with Crippen molar-refractivity contribution in [3.8, 4) is 0 Å². The number of amides is 3. The van der Waals surface area contributed by atoms with Crippen LogP contribution in [0, 0.1) is 6.92 Å². The molecule has 1 aliphatic heterocycles. The van der Waals surface area contributed by atoms with Gasteiger partial charge in [-0.25, -0.2) is 4.79 Å². The highest BCUT2D eigenvalue weighted by atomic mass is 16.2. The van der Waals surface area contributed by atoms with Gasteiger partial charge < -0.3 is 20.4 Å². The Morgan fingerprint density at radius 3 is 2.32 bits per heavy atom. The molecule has 5 rings (SSSR count). The van der Waals surface area contributed by atoms with Gasteiger partial charge in [0.15, 0.2) is 5.82 Å². The number of H-pyrrole nitrogens is 1. The van der Waals surface area contributed by atoms with E-state index in [0.717, 1.165) is 27.9 Å². The van der Waals surface area contributed by atoms with E-state index in [4.69, 9.17) is 0 Å². The third-order valence-electron chi connectivity index (χ3n) is 6.78. The summed E-state index contributed by atoms with van der Waals surface area (Å²) in [7, 11) is 3.98. The Labute approximate surface area is 222 Å². The van der Waals surface area contributed by atoms with Crippen molar-refractivity contribution in [3.63, 3.8) is 0 Å². The molecule has 3 N–H and O–H groups in total. The molecule has 0 spiro atoms. The molecule has 8 heteroatoms. The number of carbonyl (C=O) groups is 2. The van der Waals surface area contributed by atoms with Crippen LogP contribution in [0.1, 0.15) is 50.4 Å². The van der Waals surface area contributed by atoms with E-state index in [1.54, 1.807) is 17.0 Å². The highest BCUT2D eigenvalue weighted by Gasteiger charge is 2.39. The molecule has 3 aromatic carbocycles. The highest BCUT2D eigenvalue weighted by Crippen LogP contribution is 2.40. The van der Waals surface area contributed by atoms with Gasteiger partial charge in [0.05, 0.1) is 18.3 Å². The second-order valence-electron chi connectivity index (χ2n) is 9.90. The van der Waals surface area contributed by atoms with Gasteiger partial charge in [-0.1, -0.05) is 78.4 Å². The lowest BCUT2D eigenvalue weighted by molar-refractivity contribution is 0.102. The zero-order valence-corrected chi connectivity index (χ0v) is 21.8. The van der Waals surface area contributed by atoms with Crippen LogP contribution in [-0.4, -0.2) is 52.6 Å². The van der Waals surface area contributed by atoms with Gasteiger partial charge in [-0.15, -0.1) is 0 Å². The first kappa shape index (κ1) is 25.2. The van der Waals surface area contributed by atoms with Crippen LogP contribution in [0.15, 0.2) is 84.9 Å². The number of aromatic nitrogens is 2. The minimum atomic E-state index is -0.362. The molecular weight excluding hydrogens is 476 g/mol. The summed E-state index contributed by atoms with van der Waals surface area (Å²) < 4.78 is 0. The lowest BCUT2D eigenvalue weighted by Gasteiger charge is -2.29. The quantitative estimate of drug-likeness (QED) is 0.331. The van der Waals surface area contributed by atoms with Crippen molar-refractivity contribution in [2.75, 3.05) is 26.0 Å². The molecule has 0 saturated carbocycles. The molecule has 1 aromatic heterocycles. The van der Waals surface area contributed by atoms with Gasteiger partial charge in [-0.3, -0.25) is 9.89 Å². The number of likely N-dealkylation sites (N-methyl/N-ethyl adjacent to an activating group) is 1. The minimum Gasteiger partial charge on any atom is -0.330 e. The molecule has 194 valence electrons. The Hall–Kier alpha value is -4.43. The molecule has 38 heavy (non-hydrogen) atoms. The van der Waals surface area contributed by atoms with E-state index < -0.39 is 0 Å². The van der Waals surface area contributed by atoms with Gasteiger partial charge in [0, 0.05) is 17.7 Å². The highest BCUT2D eigenvalue weighted by molar-refractivity contribution is 6.04. The van der Waals surface area contributed by atoms with E-state index >= 15 is 0 Å². The largest absolute Gasteiger partial charge is 0.330 e. The Morgan fingerprint density at radius 1 is 1.00 bits per heavy atom. The van der Waals surface area contributed by atoms with Crippen molar-refractivity contribution in [1.29, 1.82) is 0 Å². The minimum absolute atomic E-state index is 0.185. The van der Waals surface area contributed by atoms with Crippen LogP contribution in [0.5, 0.6) is 0 Å². The Balaban J connectivity index is 1.43. The fourth-order valence-corrected chi connectivity index (χ4v) is 4.86. The smallest absolute Gasteiger partial charge is 0.319 e. The zero-order chi connectivity index (χ0) is 26.6. The van der Waals surface area contributed by atoms with Crippen molar-refractivity contribution < 1.29 is 9.59 Å². The van der Waals surface area contributed by atoms with Crippen LogP contribution < -0.4 is 10.6 Å². The van der Waals surface area contributed by atoms with Crippen molar-refractivity contribution >= 4 is 17.8 Å². The first-order chi connectivity index (χ1) is 18.4. The summed E-state index contributed by atoms with van der Waals surface area (Å²) in [4.78, 5) is 30.6. The van der Waals surface area contributed by atoms with Crippen LogP contribution in [0.3, 0.4) is 0 Å². The number of benzene rings is 3. The number of carbonyl (C=O) groups excluding carboxylic acids is 2. The molecule has 0 saturated heterocycles. The Kier molecular flexibility index (Phi) is 7.24. The lowest BCUT2D eigenvalue weighted by Crippen LogP contribution is -2.43. The number of nitrogens with zero attached hydrogens (tertiary/aromatic N) is 3. The van der Waals surface area contributed by atoms with E-state index in [-0.39, 0.29) is 24.0 Å². The van der Waals surface area contributed by atoms with E-state index in [1.165, 1.54) is 0 Å². The number of rotatable bonds is 7. The van der Waals surface area contributed by atoms with Gasteiger partial charge >= 0.3 is 6.03 Å². The number of anilines is 1. The molecule has 2 atom stereocenters. The summed E-state index contributed by atoms with van der Waals surface area (Å²) in [6.07, 6.45) is 0. The fraction of sp³-hybridized carbons (Fsp3) is 0.233. The fourth-order valence-electron chi connectivity index (χ4n) is 4.86. The van der Waals surface area contributed by atoms with Gasteiger partial charge in [0.25, 0.3) is 5.91 Å². The van der Waals surface area contributed by atoms with Gasteiger partial charge in [0.1, 0.15) is 6.04 Å². The van der Waals surface area contributed by atoms with Crippen LogP contribution in [-0.2, 0) is 6.54 Å². The third kappa shape index (κ3) is 5.31. The summed E-state index contributed by atoms with van der Waals surface area (Å²) in [6, 6.07) is 26.5. The summed E-state index contributed by atoms with van der Waals surface area (Å²) in [5.41, 5.74) is 5.24. The number of hydrogen-bond donors (Lipinski definition) is 3. The SMILES string of the molecule is Cc1ccc(C(=O)Nc2n[nH]c3c2CN(C(=O)N[C@H](CN(C)C)c2ccccc2)[C@H]3c2ccccc2)cc1. The average molecular weight is 509 g/mol. The topological polar surface area (TPSA) is 93.4 Å². The number of nitrogens with one attached hydrogen (secondary N) is 3. The van der Waals surface area contributed by atoms with Crippen LogP contribution >= 0.6 is 0 Å². The first-order valence-corrected chi connectivity index (χ1v) is 12.7. The lowest BCUT2D eigenvalue weighted by atomic mass is 10.0. The maximum absolute atomic E-state index is 13.8. The second-order valence-corrected chi connectivity index (χ2v) is 9.90. The van der Waals surface area contributed by atoms with E-state index in [9.17, 15) is 9.59 Å². The monoisotopic (exact) mass is 508 g/mol. The predicted octanol–water partition coefficient (Wildman–Crippen LogP) is 4.89. The van der Waals surface area contributed by atoms with Crippen molar-refractivity contribution in [2.45, 2.75) is 25.6 Å². The summed E-state index contributed by atoms with van der Waals surface area (Å²) in [6.45, 7) is 2.95. The van der Waals surface area contributed by atoms with Gasteiger partial charge in [-0.2, -0.15) is 5.10 Å². The number of aromatic amines is 1. The number of hydrogen-bond acceptors (Lipinski definition) is 4. The number of aryl methyl sites for hydroxylation is 1. The number of urea groups is 1. The molecule has 0 radical (unpaired) electrons. The van der Waals surface area contributed by atoms with E-state index in [2.05, 4.69) is 25.7 Å². The molecule has 4 aromatic rings. The molecule has 0 bridgehead atoms. The molecule has 2 heterocycles. The van der Waals surface area contributed by atoms with Crippen LogP contribution in [0.2, 0.25) is 0 Å². The maximum Gasteiger partial charge on any atom is 0.319 e. The van der Waals surface area contributed by atoms with Crippen molar-refractivity contribution in [2.24, 2.45) is 0 Å². The average Bonchev–Trinajstić information content (AvgIpc) is 3.49. The standard InChI is InChI=1S/C30H32N6O2/c1-20-14-16-23(17-15-20)29(37)32-28-24-18-36(27(26(24)33-34-28)22-12-8-5-9-13-22)30(38)31-25(19-35(2)3)21-10-6-4-7-11-21/h4-17,25,27H,18-19H2,1-3H3,(H,31,38)(H2,32,33,34,37)/t25-,27+/m1/s1. The van der Waals surface area contributed by atoms with Crippen LogP contribution in [0.4, 0.5) is 10.6 Å². The Bertz CT molecular complexity index is 1400. The van der Waals surface area contributed by atoms with Gasteiger partial charge in [-0.05, 0) is 44.3 Å². The molecule has 0 unspecified atom stereocenters. The molecule has 3 amide bonds. The van der Waals surface area contributed by atoms with E-state index in [0.29, 0.717) is 24.5 Å².